The van der Waals surface area contributed by atoms with Gasteiger partial charge in [-0.15, -0.1) is 10.2 Å². The number of hydrogen-bond donors (Lipinski definition) is 1. The Hall–Kier alpha value is -2.14. The number of hydrogen-bond acceptors (Lipinski definition) is 4. The Kier molecular flexibility index (Phi) is 3.75. The van der Waals surface area contributed by atoms with E-state index in [-0.39, 0.29) is 0 Å². The molecule has 0 radical (unpaired) electrons. The second-order valence-corrected chi connectivity index (χ2v) is 5.59. The number of benzene rings is 1. The maximum atomic E-state index is 5.46. The van der Waals surface area contributed by atoms with Gasteiger partial charge in [-0.05, 0) is 23.1 Å². The molecular formula is C16H20N4O. The Labute approximate surface area is 124 Å². The van der Waals surface area contributed by atoms with Crippen molar-refractivity contribution >= 4 is 10.9 Å². The van der Waals surface area contributed by atoms with Gasteiger partial charge in [-0.25, -0.2) is 0 Å². The number of nitrogens with one attached hydrogen (secondary N) is 1. The molecule has 0 unspecified atom stereocenters. The Morgan fingerprint density at radius 3 is 2.81 bits per heavy atom. The third-order valence-electron chi connectivity index (χ3n) is 3.43. The predicted octanol–water partition coefficient (Wildman–Crippen LogP) is 2.88. The van der Waals surface area contributed by atoms with E-state index in [1.807, 2.05) is 0 Å². The van der Waals surface area contributed by atoms with Crippen LogP contribution in [0.3, 0.4) is 0 Å². The van der Waals surface area contributed by atoms with Crippen molar-refractivity contribution in [1.29, 1.82) is 0 Å². The van der Waals surface area contributed by atoms with Gasteiger partial charge < -0.3 is 14.3 Å². The normalized spacial score (nSPS) is 11.6. The monoisotopic (exact) mass is 284 g/mol. The highest BCUT2D eigenvalue weighted by atomic mass is 16.4. The van der Waals surface area contributed by atoms with Crippen LogP contribution < -0.4 is 5.32 Å². The molecule has 110 valence electrons. The standard InChI is InChI=1S/C16H20N4O/c1-11(2)17-9-13-4-5-14-6-7-20(15(14)8-13)10-16-19-18-12(3)21-16/h4-8,11,17H,9-10H2,1-3H3. The predicted molar refractivity (Wildman–Crippen MR) is 82.1 cm³/mol. The summed E-state index contributed by atoms with van der Waals surface area (Å²) in [4.78, 5) is 0. The fourth-order valence-corrected chi connectivity index (χ4v) is 2.35. The molecule has 2 aromatic heterocycles. The lowest BCUT2D eigenvalue weighted by molar-refractivity contribution is 0.457. The van der Waals surface area contributed by atoms with Gasteiger partial charge in [0.05, 0.1) is 0 Å². The highest BCUT2D eigenvalue weighted by Crippen LogP contribution is 2.19. The first-order valence-electron chi connectivity index (χ1n) is 7.22. The molecule has 3 aromatic rings. The highest BCUT2D eigenvalue weighted by molar-refractivity contribution is 5.80. The van der Waals surface area contributed by atoms with Crippen LogP contribution in [-0.2, 0) is 13.1 Å². The van der Waals surface area contributed by atoms with Crippen molar-refractivity contribution in [2.75, 3.05) is 0 Å². The van der Waals surface area contributed by atoms with Crippen LogP contribution in [0.4, 0.5) is 0 Å². The van der Waals surface area contributed by atoms with E-state index < -0.39 is 0 Å². The van der Waals surface area contributed by atoms with Gasteiger partial charge in [-0.3, -0.25) is 0 Å². The maximum Gasteiger partial charge on any atom is 0.236 e. The molecule has 0 aliphatic rings. The van der Waals surface area contributed by atoms with Crippen LogP contribution in [0.1, 0.15) is 31.2 Å². The Morgan fingerprint density at radius 1 is 1.24 bits per heavy atom. The molecule has 0 bridgehead atoms. The lowest BCUT2D eigenvalue weighted by Crippen LogP contribution is -2.21. The largest absolute Gasteiger partial charge is 0.424 e. The zero-order chi connectivity index (χ0) is 14.8. The summed E-state index contributed by atoms with van der Waals surface area (Å²) < 4.78 is 7.60. The van der Waals surface area contributed by atoms with E-state index in [4.69, 9.17) is 4.42 Å². The van der Waals surface area contributed by atoms with E-state index in [0.717, 1.165) is 6.54 Å². The first kappa shape index (κ1) is 13.8. The summed E-state index contributed by atoms with van der Waals surface area (Å²) in [6, 6.07) is 9.13. The molecule has 5 heteroatoms. The van der Waals surface area contributed by atoms with E-state index >= 15 is 0 Å². The second kappa shape index (κ2) is 5.69. The van der Waals surface area contributed by atoms with Crippen molar-refractivity contribution in [3.63, 3.8) is 0 Å². The van der Waals surface area contributed by atoms with Gasteiger partial charge in [0.2, 0.25) is 11.8 Å². The molecule has 2 heterocycles. The van der Waals surface area contributed by atoms with Crippen LogP contribution in [0.25, 0.3) is 10.9 Å². The number of aromatic nitrogens is 3. The Morgan fingerprint density at radius 2 is 2.10 bits per heavy atom. The summed E-state index contributed by atoms with van der Waals surface area (Å²) in [7, 11) is 0. The number of rotatable bonds is 5. The van der Waals surface area contributed by atoms with Crippen LogP contribution in [-0.4, -0.2) is 20.8 Å². The molecule has 21 heavy (non-hydrogen) atoms. The van der Waals surface area contributed by atoms with Crippen LogP contribution in [0.5, 0.6) is 0 Å². The zero-order valence-corrected chi connectivity index (χ0v) is 12.6. The SMILES string of the molecule is Cc1nnc(Cn2ccc3ccc(CNC(C)C)cc32)o1. The summed E-state index contributed by atoms with van der Waals surface area (Å²) in [6.45, 7) is 7.59. The second-order valence-electron chi connectivity index (χ2n) is 5.59. The molecular weight excluding hydrogens is 264 g/mol. The van der Waals surface area contributed by atoms with E-state index in [2.05, 4.69) is 64.4 Å². The summed E-state index contributed by atoms with van der Waals surface area (Å²) in [5, 5.41) is 12.6. The minimum Gasteiger partial charge on any atom is -0.424 e. The van der Waals surface area contributed by atoms with Gasteiger partial charge in [-0.1, -0.05) is 26.0 Å². The maximum absolute atomic E-state index is 5.46. The minimum absolute atomic E-state index is 0.480. The molecule has 0 saturated carbocycles. The third-order valence-corrected chi connectivity index (χ3v) is 3.43. The fraction of sp³-hybridized carbons (Fsp3) is 0.375. The molecule has 0 atom stereocenters. The highest BCUT2D eigenvalue weighted by Gasteiger charge is 2.07. The molecule has 1 aromatic carbocycles. The minimum atomic E-state index is 0.480. The average Bonchev–Trinajstić information content (AvgIpc) is 3.04. The quantitative estimate of drug-likeness (QED) is 0.782. The number of fused-ring (bicyclic) bond motifs is 1. The van der Waals surface area contributed by atoms with Gasteiger partial charge >= 0.3 is 0 Å². The first-order valence-corrected chi connectivity index (χ1v) is 7.22. The van der Waals surface area contributed by atoms with Crippen LogP contribution >= 0.6 is 0 Å². The van der Waals surface area contributed by atoms with Crippen LogP contribution in [0.2, 0.25) is 0 Å². The fourth-order valence-electron chi connectivity index (χ4n) is 2.35. The van der Waals surface area contributed by atoms with Gasteiger partial charge in [0.15, 0.2) is 0 Å². The van der Waals surface area contributed by atoms with E-state index in [0.29, 0.717) is 24.4 Å². The van der Waals surface area contributed by atoms with Gasteiger partial charge in [-0.2, -0.15) is 0 Å². The lowest BCUT2D eigenvalue weighted by Gasteiger charge is -2.09. The number of aryl methyl sites for hydroxylation is 1. The first-order chi connectivity index (χ1) is 10.1. The molecule has 0 spiro atoms. The summed E-state index contributed by atoms with van der Waals surface area (Å²) in [5.41, 5.74) is 2.46. The molecule has 0 aliphatic carbocycles. The summed E-state index contributed by atoms with van der Waals surface area (Å²) in [6.07, 6.45) is 2.06. The molecule has 0 saturated heterocycles. The van der Waals surface area contributed by atoms with Gasteiger partial charge in [0.25, 0.3) is 0 Å². The average molecular weight is 284 g/mol. The molecule has 0 fully saturated rings. The number of nitrogens with zero attached hydrogens (tertiary/aromatic N) is 3. The van der Waals surface area contributed by atoms with Crippen molar-refractivity contribution in [1.82, 2.24) is 20.1 Å². The van der Waals surface area contributed by atoms with Crippen molar-refractivity contribution in [2.45, 2.75) is 39.9 Å². The van der Waals surface area contributed by atoms with Crippen molar-refractivity contribution < 1.29 is 4.42 Å². The summed E-state index contributed by atoms with van der Waals surface area (Å²) >= 11 is 0. The summed E-state index contributed by atoms with van der Waals surface area (Å²) in [5.74, 6) is 1.24. The molecule has 0 aliphatic heterocycles. The molecule has 3 rings (SSSR count). The zero-order valence-electron chi connectivity index (χ0n) is 12.6. The molecule has 0 amide bonds. The van der Waals surface area contributed by atoms with Crippen LogP contribution in [0.15, 0.2) is 34.9 Å². The van der Waals surface area contributed by atoms with Crippen molar-refractivity contribution in [3.8, 4) is 0 Å². The molecule has 1 N–H and O–H groups in total. The van der Waals surface area contributed by atoms with Crippen LogP contribution in [0, 0.1) is 6.92 Å². The van der Waals surface area contributed by atoms with E-state index in [1.165, 1.54) is 16.5 Å². The van der Waals surface area contributed by atoms with E-state index in [9.17, 15) is 0 Å². The third kappa shape index (κ3) is 3.13. The van der Waals surface area contributed by atoms with Crippen molar-refractivity contribution in [2.24, 2.45) is 0 Å². The topological polar surface area (TPSA) is 55.9 Å². The molecule has 5 nitrogen and oxygen atoms in total. The van der Waals surface area contributed by atoms with Crippen molar-refractivity contribution in [3.05, 3.63) is 47.8 Å². The van der Waals surface area contributed by atoms with E-state index in [1.54, 1.807) is 6.92 Å². The van der Waals surface area contributed by atoms with Gasteiger partial charge in [0, 0.05) is 31.2 Å². The van der Waals surface area contributed by atoms with Gasteiger partial charge in [0.1, 0.15) is 6.54 Å². The Bertz CT molecular complexity index is 742. The smallest absolute Gasteiger partial charge is 0.236 e. The Balaban J connectivity index is 1.86. The lowest BCUT2D eigenvalue weighted by atomic mass is 10.1.